The van der Waals surface area contributed by atoms with Gasteiger partial charge < -0.3 is 9.22 Å². The van der Waals surface area contributed by atoms with Crippen LogP contribution in [-0.4, -0.2) is 26.5 Å². The van der Waals surface area contributed by atoms with Crippen molar-refractivity contribution < 1.29 is 14.0 Å². The summed E-state index contributed by atoms with van der Waals surface area (Å²) in [5, 5.41) is 0.0689. The van der Waals surface area contributed by atoms with Gasteiger partial charge in [-0.05, 0) is 18.1 Å². The summed E-state index contributed by atoms with van der Waals surface area (Å²) in [5.74, 6) is 0.151. The van der Waals surface area contributed by atoms with Crippen molar-refractivity contribution in [2.75, 3.05) is 0 Å². The minimum atomic E-state index is -1.98. The molecule has 0 aliphatic rings. The summed E-state index contributed by atoms with van der Waals surface area (Å²) in [6.07, 6.45) is 1.30. The van der Waals surface area contributed by atoms with E-state index in [1.54, 1.807) is 0 Å². The van der Waals surface area contributed by atoms with Gasteiger partial charge >= 0.3 is 0 Å². The lowest BCUT2D eigenvalue weighted by Crippen LogP contribution is -2.50. The first-order chi connectivity index (χ1) is 8.40. The Labute approximate surface area is 119 Å². The quantitative estimate of drug-likeness (QED) is 0.525. The molecule has 0 spiro atoms. The van der Waals surface area contributed by atoms with Gasteiger partial charge in [-0.15, -0.1) is 0 Å². The van der Waals surface area contributed by atoms with E-state index in [-0.39, 0.29) is 23.3 Å². The van der Waals surface area contributed by atoms with Gasteiger partial charge in [-0.2, -0.15) is 0 Å². The lowest BCUT2D eigenvalue weighted by Gasteiger charge is -2.43. The minimum absolute atomic E-state index is 0.0689. The van der Waals surface area contributed by atoms with E-state index in [9.17, 15) is 9.59 Å². The molecule has 0 unspecified atom stereocenters. The van der Waals surface area contributed by atoms with Crippen LogP contribution in [0, 0.1) is 5.41 Å². The lowest BCUT2D eigenvalue weighted by atomic mass is 9.80. The van der Waals surface area contributed by atoms with Crippen LogP contribution in [0.1, 0.15) is 54.4 Å². The number of hydrogen-bond donors (Lipinski definition) is 0. The number of ketones is 1. The fourth-order valence-electron chi connectivity index (χ4n) is 1.75. The first-order valence-electron chi connectivity index (χ1n) is 7.05. The van der Waals surface area contributed by atoms with Crippen molar-refractivity contribution >= 4 is 20.4 Å². The monoisotopic (exact) mass is 286 g/mol. The Kier molecular flexibility index (Phi) is 6.15. The predicted molar refractivity (Wildman–Crippen MR) is 81.8 cm³/mol. The summed E-state index contributed by atoms with van der Waals surface area (Å²) >= 11 is 0. The van der Waals surface area contributed by atoms with Crippen LogP contribution in [0.25, 0.3) is 0 Å². The van der Waals surface area contributed by atoms with Gasteiger partial charge in [0, 0.05) is 18.3 Å². The first-order valence-corrected chi connectivity index (χ1v) is 9.95. The number of aldehydes is 1. The standard InChI is InChI=1S/C15H30O3Si/c1-9-12(17)15(5,6)13(10-11-16)18-19(7,8)14(2,3)4/h11,13H,9-10H2,1-8H3/t13-/m0/s1. The van der Waals surface area contributed by atoms with Gasteiger partial charge in [0.15, 0.2) is 8.32 Å². The van der Waals surface area contributed by atoms with E-state index < -0.39 is 13.7 Å². The number of hydrogen-bond acceptors (Lipinski definition) is 3. The van der Waals surface area contributed by atoms with Gasteiger partial charge in [-0.1, -0.05) is 41.5 Å². The molecule has 0 aliphatic carbocycles. The van der Waals surface area contributed by atoms with Gasteiger partial charge in [0.1, 0.15) is 12.1 Å². The fraction of sp³-hybridized carbons (Fsp3) is 0.867. The maximum Gasteiger partial charge on any atom is 0.192 e. The second kappa shape index (κ2) is 6.31. The molecule has 0 radical (unpaired) electrons. The smallest absolute Gasteiger partial charge is 0.192 e. The molecule has 0 bridgehead atoms. The molecule has 0 N–H and O–H groups in total. The summed E-state index contributed by atoms with van der Waals surface area (Å²) < 4.78 is 6.32. The molecule has 0 aromatic rings. The van der Waals surface area contributed by atoms with Crippen molar-refractivity contribution in [3.05, 3.63) is 0 Å². The molecule has 4 heteroatoms. The van der Waals surface area contributed by atoms with Crippen LogP contribution >= 0.6 is 0 Å². The Bertz CT molecular complexity index is 327. The zero-order valence-electron chi connectivity index (χ0n) is 13.8. The molecule has 3 nitrogen and oxygen atoms in total. The molecule has 0 saturated heterocycles. The lowest BCUT2D eigenvalue weighted by molar-refractivity contribution is -0.132. The van der Waals surface area contributed by atoms with E-state index in [1.807, 2.05) is 20.8 Å². The van der Waals surface area contributed by atoms with E-state index in [2.05, 4.69) is 33.9 Å². The van der Waals surface area contributed by atoms with Crippen LogP contribution in [0.2, 0.25) is 18.1 Å². The molecule has 112 valence electrons. The topological polar surface area (TPSA) is 43.4 Å². The van der Waals surface area contributed by atoms with E-state index in [0.717, 1.165) is 6.29 Å². The molecule has 0 aromatic carbocycles. The van der Waals surface area contributed by atoms with Crippen molar-refractivity contribution in [3.63, 3.8) is 0 Å². The van der Waals surface area contributed by atoms with Crippen molar-refractivity contribution in [2.45, 2.75) is 78.6 Å². The summed E-state index contributed by atoms with van der Waals surface area (Å²) in [6, 6.07) is 0. The molecule has 19 heavy (non-hydrogen) atoms. The third kappa shape index (κ3) is 4.53. The molecular formula is C15H30O3Si. The highest BCUT2D eigenvalue weighted by molar-refractivity contribution is 6.74. The third-order valence-corrected chi connectivity index (χ3v) is 8.88. The highest BCUT2D eigenvalue weighted by atomic mass is 28.4. The molecule has 0 aliphatic heterocycles. The van der Waals surface area contributed by atoms with Crippen LogP contribution in [0.3, 0.4) is 0 Å². The van der Waals surface area contributed by atoms with Gasteiger partial charge in [0.25, 0.3) is 0 Å². The summed E-state index contributed by atoms with van der Waals surface area (Å²) in [4.78, 5) is 23.0. The molecule has 0 heterocycles. The predicted octanol–water partition coefficient (Wildman–Crippen LogP) is 3.97. The number of carbonyl (C=O) groups is 2. The molecular weight excluding hydrogens is 256 g/mol. The molecule has 0 amide bonds. The van der Waals surface area contributed by atoms with E-state index in [1.165, 1.54) is 0 Å². The zero-order valence-corrected chi connectivity index (χ0v) is 14.8. The van der Waals surface area contributed by atoms with Crippen molar-refractivity contribution in [2.24, 2.45) is 5.41 Å². The highest BCUT2D eigenvalue weighted by Crippen LogP contribution is 2.40. The SMILES string of the molecule is CCC(=O)C(C)(C)[C@H](CC=O)O[Si](C)(C)C(C)(C)C. The normalized spacial score (nSPS) is 15.2. The van der Waals surface area contributed by atoms with E-state index in [4.69, 9.17) is 4.43 Å². The molecule has 0 saturated carbocycles. The average molecular weight is 286 g/mol. The van der Waals surface area contributed by atoms with Crippen LogP contribution in [0.5, 0.6) is 0 Å². The molecule has 0 fully saturated rings. The largest absolute Gasteiger partial charge is 0.413 e. The average Bonchev–Trinajstić information content (AvgIpc) is 2.25. The summed E-state index contributed by atoms with van der Waals surface area (Å²) in [6.45, 7) is 16.4. The first kappa shape index (κ1) is 18.5. The highest BCUT2D eigenvalue weighted by Gasteiger charge is 2.44. The summed E-state index contributed by atoms with van der Waals surface area (Å²) in [7, 11) is -1.98. The number of Topliss-reactive ketones (excluding diaryl/α,β-unsaturated/α-hetero) is 1. The van der Waals surface area contributed by atoms with Crippen LogP contribution in [0.15, 0.2) is 0 Å². The maximum atomic E-state index is 12.1. The van der Waals surface area contributed by atoms with Gasteiger partial charge in [-0.25, -0.2) is 0 Å². The number of carbonyl (C=O) groups excluding carboxylic acids is 2. The minimum Gasteiger partial charge on any atom is -0.413 e. The Morgan fingerprint density at radius 1 is 1.21 bits per heavy atom. The molecule has 0 aromatic heterocycles. The van der Waals surface area contributed by atoms with Gasteiger partial charge in [0.2, 0.25) is 0 Å². The van der Waals surface area contributed by atoms with Crippen molar-refractivity contribution in [3.8, 4) is 0 Å². The van der Waals surface area contributed by atoms with Crippen molar-refractivity contribution in [1.29, 1.82) is 0 Å². The van der Waals surface area contributed by atoms with Gasteiger partial charge in [0.05, 0.1) is 6.10 Å². The zero-order chi connectivity index (χ0) is 15.5. The Morgan fingerprint density at radius 3 is 2.00 bits per heavy atom. The number of rotatable bonds is 7. The Balaban J connectivity index is 5.25. The Hall–Kier alpha value is -0.483. The molecule has 0 rings (SSSR count). The van der Waals surface area contributed by atoms with Crippen LogP contribution in [-0.2, 0) is 14.0 Å². The summed E-state index contributed by atoms with van der Waals surface area (Å²) in [5.41, 5.74) is -0.606. The Morgan fingerprint density at radius 2 is 1.68 bits per heavy atom. The molecule has 1 atom stereocenters. The second-order valence-electron chi connectivity index (χ2n) is 7.27. The van der Waals surface area contributed by atoms with Crippen LogP contribution in [0.4, 0.5) is 0 Å². The van der Waals surface area contributed by atoms with Crippen molar-refractivity contribution in [1.82, 2.24) is 0 Å². The van der Waals surface area contributed by atoms with E-state index >= 15 is 0 Å². The maximum absolute atomic E-state index is 12.1. The van der Waals surface area contributed by atoms with Gasteiger partial charge in [-0.3, -0.25) is 4.79 Å². The fourth-order valence-corrected chi connectivity index (χ4v) is 3.20. The van der Waals surface area contributed by atoms with E-state index in [0.29, 0.717) is 6.42 Å². The van der Waals surface area contributed by atoms with Crippen LogP contribution < -0.4 is 0 Å². The third-order valence-electron chi connectivity index (χ3n) is 4.40. The second-order valence-corrected chi connectivity index (χ2v) is 12.0.